The van der Waals surface area contributed by atoms with Gasteiger partial charge in [-0.15, -0.1) is 0 Å². The summed E-state index contributed by atoms with van der Waals surface area (Å²) >= 11 is 0. The normalized spacial score (nSPS) is 14.5. The van der Waals surface area contributed by atoms with E-state index in [1.54, 1.807) is 7.05 Å². The lowest BCUT2D eigenvalue weighted by Crippen LogP contribution is -2.47. The zero-order chi connectivity index (χ0) is 13.5. The third kappa shape index (κ3) is 6.98. The SMILES string of the molecule is CCCCN(C)S(=O)(=O)NC(CN)CC(C)C. The number of nitrogens with two attached hydrogens (primary N) is 1. The van der Waals surface area contributed by atoms with Crippen molar-refractivity contribution in [2.75, 3.05) is 20.1 Å². The predicted octanol–water partition coefficient (Wildman–Crippen LogP) is 0.926. The van der Waals surface area contributed by atoms with Crippen LogP contribution in [-0.4, -0.2) is 38.9 Å². The molecule has 0 fully saturated rings. The average molecular weight is 265 g/mol. The highest BCUT2D eigenvalue weighted by Crippen LogP contribution is 2.06. The van der Waals surface area contributed by atoms with Crippen LogP contribution in [0.15, 0.2) is 0 Å². The molecule has 0 radical (unpaired) electrons. The molecule has 0 aromatic carbocycles. The molecule has 0 aliphatic carbocycles. The van der Waals surface area contributed by atoms with Gasteiger partial charge in [0.2, 0.25) is 0 Å². The molecular weight excluding hydrogens is 238 g/mol. The van der Waals surface area contributed by atoms with E-state index in [9.17, 15) is 8.42 Å². The van der Waals surface area contributed by atoms with E-state index in [0.29, 0.717) is 19.0 Å². The Morgan fingerprint density at radius 3 is 2.35 bits per heavy atom. The van der Waals surface area contributed by atoms with Gasteiger partial charge in [-0.05, 0) is 18.8 Å². The minimum absolute atomic E-state index is 0.177. The first-order chi connectivity index (χ1) is 7.83. The number of nitrogens with zero attached hydrogens (tertiary/aromatic N) is 1. The van der Waals surface area contributed by atoms with Crippen molar-refractivity contribution in [2.45, 2.75) is 46.1 Å². The lowest BCUT2D eigenvalue weighted by Gasteiger charge is -2.23. The van der Waals surface area contributed by atoms with Crippen LogP contribution in [0.3, 0.4) is 0 Å². The topological polar surface area (TPSA) is 75.4 Å². The van der Waals surface area contributed by atoms with Crippen molar-refractivity contribution in [1.29, 1.82) is 0 Å². The predicted molar refractivity (Wildman–Crippen MR) is 71.9 cm³/mol. The van der Waals surface area contributed by atoms with Crippen molar-refractivity contribution in [3.63, 3.8) is 0 Å². The van der Waals surface area contributed by atoms with Gasteiger partial charge in [-0.2, -0.15) is 17.4 Å². The molecule has 0 bridgehead atoms. The van der Waals surface area contributed by atoms with Gasteiger partial charge in [-0.1, -0.05) is 27.2 Å². The quantitative estimate of drug-likeness (QED) is 0.651. The van der Waals surface area contributed by atoms with Crippen LogP contribution in [0.25, 0.3) is 0 Å². The third-order valence-electron chi connectivity index (χ3n) is 2.59. The van der Waals surface area contributed by atoms with Crippen LogP contribution in [0.4, 0.5) is 0 Å². The second-order valence-electron chi connectivity index (χ2n) is 4.86. The number of rotatable bonds is 9. The van der Waals surface area contributed by atoms with Gasteiger partial charge in [-0.3, -0.25) is 0 Å². The van der Waals surface area contributed by atoms with Crippen LogP contribution in [-0.2, 0) is 10.2 Å². The molecule has 0 aliphatic heterocycles. The fraction of sp³-hybridized carbons (Fsp3) is 1.00. The van der Waals surface area contributed by atoms with E-state index in [-0.39, 0.29) is 6.04 Å². The molecule has 0 aromatic heterocycles. The standard InChI is InChI=1S/C11H27N3O2S/c1-5-6-7-14(4)17(15,16)13-11(9-12)8-10(2)3/h10-11,13H,5-9,12H2,1-4H3. The zero-order valence-electron chi connectivity index (χ0n) is 11.4. The molecule has 1 unspecified atom stereocenters. The summed E-state index contributed by atoms with van der Waals surface area (Å²) in [5, 5.41) is 0. The van der Waals surface area contributed by atoms with Crippen LogP contribution in [0.2, 0.25) is 0 Å². The van der Waals surface area contributed by atoms with Gasteiger partial charge >= 0.3 is 0 Å². The first kappa shape index (κ1) is 16.8. The molecule has 0 heterocycles. The highest BCUT2D eigenvalue weighted by atomic mass is 32.2. The molecule has 17 heavy (non-hydrogen) atoms. The Balaban J connectivity index is 4.39. The van der Waals surface area contributed by atoms with Crippen molar-refractivity contribution in [3.05, 3.63) is 0 Å². The van der Waals surface area contributed by atoms with Crippen LogP contribution < -0.4 is 10.5 Å². The summed E-state index contributed by atoms with van der Waals surface area (Å²) in [5.74, 6) is 0.423. The molecule has 0 saturated carbocycles. The summed E-state index contributed by atoms with van der Waals surface area (Å²) in [6.45, 7) is 7.02. The second kappa shape index (κ2) is 8.02. The molecule has 6 heteroatoms. The van der Waals surface area contributed by atoms with E-state index in [0.717, 1.165) is 19.3 Å². The van der Waals surface area contributed by atoms with Gasteiger partial charge in [-0.25, -0.2) is 0 Å². The maximum Gasteiger partial charge on any atom is 0.279 e. The Labute approximate surface area is 106 Å². The van der Waals surface area contributed by atoms with E-state index >= 15 is 0 Å². The van der Waals surface area contributed by atoms with Crippen molar-refractivity contribution in [2.24, 2.45) is 11.7 Å². The Morgan fingerprint density at radius 2 is 1.94 bits per heavy atom. The number of hydrogen-bond donors (Lipinski definition) is 2. The smallest absolute Gasteiger partial charge is 0.279 e. The summed E-state index contributed by atoms with van der Waals surface area (Å²) in [5.41, 5.74) is 5.58. The minimum Gasteiger partial charge on any atom is -0.329 e. The van der Waals surface area contributed by atoms with E-state index in [1.807, 2.05) is 6.92 Å². The fourth-order valence-corrected chi connectivity index (χ4v) is 2.73. The van der Waals surface area contributed by atoms with Crippen LogP contribution in [0, 0.1) is 5.92 Å². The van der Waals surface area contributed by atoms with Crippen molar-refractivity contribution in [3.8, 4) is 0 Å². The number of hydrogen-bond acceptors (Lipinski definition) is 3. The number of nitrogens with one attached hydrogen (secondary N) is 1. The molecular formula is C11H27N3O2S. The van der Waals surface area contributed by atoms with E-state index in [2.05, 4.69) is 18.6 Å². The monoisotopic (exact) mass is 265 g/mol. The van der Waals surface area contributed by atoms with Gasteiger partial charge < -0.3 is 5.73 Å². The first-order valence-corrected chi connectivity index (χ1v) is 7.71. The summed E-state index contributed by atoms with van der Waals surface area (Å²) in [6.07, 6.45) is 2.61. The number of unbranched alkanes of at least 4 members (excludes halogenated alkanes) is 1. The van der Waals surface area contributed by atoms with Crippen LogP contribution in [0.5, 0.6) is 0 Å². The summed E-state index contributed by atoms with van der Waals surface area (Å²) in [4.78, 5) is 0. The Kier molecular flexibility index (Phi) is 7.94. The van der Waals surface area contributed by atoms with E-state index in [4.69, 9.17) is 5.73 Å². The molecule has 0 rings (SSSR count). The molecule has 0 aliphatic rings. The van der Waals surface area contributed by atoms with Gasteiger partial charge in [0.1, 0.15) is 0 Å². The molecule has 104 valence electrons. The average Bonchev–Trinajstić information content (AvgIpc) is 2.23. The molecule has 5 nitrogen and oxygen atoms in total. The Hall–Kier alpha value is -0.170. The van der Waals surface area contributed by atoms with Crippen molar-refractivity contribution >= 4 is 10.2 Å². The zero-order valence-corrected chi connectivity index (χ0v) is 12.3. The van der Waals surface area contributed by atoms with E-state index in [1.165, 1.54) is 4.31 Å². The molecule has 3 N–H and O–H groups in total. The van der Waals surface area contributed by atoms with Crippen molar-refractivity contribution in [1.82, 2.24) is 9.03 Å². The van der Waals surface area contributed by atoms with Gasteiger partial charge in [0.25, 0.3) is 10.2 Å². The Bertz CT molecular complexity index is 291. The molecule has 0 aromatic rings. The maximum atomic E-state index is 11.9. The van der Waals surface area contributed by atoms with Crippen LogP contribution >= 0.6 is 0 Å². The van der Waals surface area contributed by atoms with Gasteiger partial charge in [0, 0.05) is 26.2 Å². The maximum absolute atomic E-state index is 11.9. The largest absolute Gasteiger partial charge is 0.329 e. The lowest BCUT2D eigenvalue weighted by atomic mass is 10.1. The lowest BCUT2D eigenvalue weighted by molar-refractivity contribution is 0.418. The highest BCUT2D eigenvalue weighted by Gasteiger charge is 2.21. The second-order valence-corrected chi connectivity index (χ2v) is 6.67. The van der Waals surface area contributed by atoms with Gasteiger partial charge in [0.15, 0.2) is 0 Å². The first-order valence-electron chi connectivity index (χ1n) is 6.27. The highest BCUT2D eigenvalue weighted by molar-refractivity contribution is 7.87. The molecule has 0 saturated heterocycles. The molecule has 0 spiro atoms. The summed E-state index contributed by atoms with van der Waals surface area (Å²) < 4.78 is 27.9. The molecule has 1 atom stereocenters. The van der Waals surface area contributed by atoms with Crippen molar-refractivity contribution < 1.29 is 8.42 Å². The Morgan fingerprint density at radius 1 is 1.35 bits per heavy atom. The summed E-state index contributed by atoms with van der Waals surface area (Å²) in [6, 6.07) is -0.177. The van der Waals surface area contributed by atoms with Crippen LogP contribution in [0.1, 0.15) is 40.0 Å². The van der Waals surface area contributed by atoms with Gasteiger partial charge in [0.05, 0.1) is 0 Å². The fourth-order valence-electron chi connectivity index (χ4n) is 1.56. The minimum atomic E-state index is -3.39. The van der Waals surface area contributed by atoms with E-state index < -0.39 is 10.2 Å². The summed E-state index contributed by atoms with van der Waals surface area (Å²) in [7, 11) is -1.79. The molecule has 0 amide bonds. The third-order valence-corrected chi connectivity index (χ3v) is 4.23.